The molecule has 0 saturated heterocycles. The van der Waals surface area contributed by atoms with Crippen LogP contribution in [-0.4, -0.2) is 22.0 Å². The van der Waals surface area contributed by atoms with Gasteiger partial charge in [-0.2, -0.15) is 4.99 Å². The molecule has 0 fully saturated rings. The maximum atomic E-state index is 12.6. The van der Waals surface area contributed by atoms with Crippen molar-refractivity contribution in [2.75, 3.05) is 6.61 Å². The third kappa shape index (κ3) is 4.45. The highest BCUT2D eigenvalue weighted by Gasteiger charge is 2.12. The number of rotatable bonds is 7. The minimum absolute atomic E-state index is 0.00620. The molecule has 0 unspecified atom stereocenters. The number of ether oxygens (including phenoxy) is 1. The predicted octanol–water partition coefficient (Wildman–Crippen LogP) is 4.46. The summed E-state index contributed by atoms with van der Waals surface area (Å²) in [7, 11) is 1.74. The summed E-state index contributed by atoms with van der Waals surface area (Å²) in [5, 5.41) is 11.0. The van der Waals surface area contributed by atoms with E-state index >= 15 is 0 Å². The molecule has 0 bridgehead atoms. The Kier molecular flexibility index (Phi) is 6.20. The lowest BCUT2D eigenvalue weighted by Gasteiger charge is -2.06. The molecular formula is C20H21N3O4S. The number of carbonyl (C=O) groups is 1. The lowest BCUT2D eigenvalue weighted by Crippen LogP contribution is -2.13. The highest BCUT2D eigenvalue weighted by atomic mass is 32.1. The van der Waals surface area contributed by atoms with E-state index in [1.807, 2.05) is 6.07 Å². The number of hydrogen-bond donors (Lipinski definition) is 0. The molecule has 0 saturated carbocycles. The van der Waals surface area contributed by atoms with E-state index in [9.17, 15) is 14.9 Å². The number of nitrogens with zero attached hydrogens (tertiary/aromatic N) is 3. The van der Waals surface area contributed by atoms with Crippen LogP contribution in [0.5, 0.6) is 5.75 Å². The quantitative estimate of drug-likeness (QED) is 0.333. The van der Waals surface area contributed by atoms with E-state index in [0.717, 1.165) is 24.0 Å². The fourth-order valence-corrected chi connectivity index (χ4v) is 3.74. The smallest absolute Gasteiger partial charge is 0.279 e. The van der Waals surface area contributed by atoms with Crippen LogP contribution < -0.4 is 9.54 Å². The van der Waals surface area contributed by atoms with Crippen molar-refractivity contribution < 1.29 is 14.5 Å². The SMILES string of the molecule is CCCCCOc1cccc(C(=O)N=c2sc3ccc([N+](=O)[O-])cc3n2C)c1. The second kappa shape index (κ2) is 8.79. The summed E-state index contributed by atoms with van der Waals surface area (Å²) in [4.78, 5) is 27.8. The van der Waals surface area contributed by atoms with Gasteiger partial charge < -0.3 is 9.30 Å². The third-order valence-electron chi connectivity index (χ3n) is 4.30. The first-order chi connectivity index (χ1) is 13.5. The first-order valence-electron chi connectivity index (χ1n) is 9.05. The molecule has 2 aromatic carbocycles. The molecule has 0 aliphatic rings. The first-order valence-corrected chi connectivity index (χ1v) is 9.87. The number of benzene rings is 2. The largest absolute Gasteiger partial charge is 0.494 e. The lowest BCUT2D eigenvalue weighted by molar-refractivity contribution is -0.384. The van der Waals surface area contributed by atoms with Crippen molar-refractivity contribution in [3.8, 4) is 5.75 Å². The fraction of sp³-hybridized carbons (Fsp3) is 0.300. The van der Waals surface area contributed by atoms with Crippen molar-refractivity contribution in [3.05, 3.63) is 62.9 Å². The van der Waals surface area contributed by atoms with Crippen LogP contribution in [0, 0.1) is 10.1 Å². The van der Waals surface area contributed by atoms with Gasteiger partial charge in [0.25, 0.3) is 11.6 Å². The van der Waals surface area contributed by atoms with Gasteiger partial charge >= 0.3 is 0 Å². The number of thiazole rings is 1. The molecule has 0 atom stereocenters. The standard InChI is InChI=1S/C20H21N3O4S/c1-3-4-5-11-27-16-8-6-7-14(12-16)19(24)21-20-22(2)17-13-15(23(25)26)9-10-18(17)28-20/h6-10,12-13H,3-5,11H2,1-2H3. The van der Waals surface area contributed by atoms with Crippen molar-refractivity contribution in [2.45, 2.75) is 26.2 Å². The van der Waals surface area contributed by atoms with Crippen LogP contribution in [0.1, 0.15) is 36.5 Å². The first kappa shape index (κ1) is 19.8. The Morgan fingerprint density at radius 3 is 2.82 bits per heavy atom. The molecule has 8 heteroatoms. The van der Waals surface area contributed by atoms with Crippen molar-refractivity contribution in [3.63, 3.8) is 0 Å². The molecule has 0 radical (unpaired) electrons. The summed E-state index contributed by atoms with van der Waals surface area (Å²) < 4.78 is 8.21. The van der Waals surface area contributed by atoms with E-state index in [1.54, 1.807) is 35.9 Å². The van der Waals surface area contributed by atoms with E-state index in [-0.39, 0.29) is 11.6 Å². The lowest BCUT2D eigenvalue weighted by atomic mass is 10.2. The number of fused-ring (bicyclic) bond motifs is 1. The predicted molar refractivity (Wildman–Crippen MR) is 109 cm³/mol. The van der Waals surface area contributed by atoms with E-state index in [0.29, 0.717) is 28.2 Å². The zero-order chi connectivity index (χ0) is 20.1. The number of hydrogen-bond acceptors (Lipinski definition) is 5. The second-order valence-corrected chi connectivity index (χ2v) is 7.36. The summed E-state index contributed by atoms with van der Waals surface area (Å²) >= 11 is 1.31. The summed E-state index contributed by atoms with van der Waals surface area (Å²) in [6, 6.07) is 11.6. The number of aryl methyl sites for hydroxylation is 1. The van der Waals surface area contributed by atoms with Gasteiger partial charge in [0, 0.05) is 24.7 Å². The van der Waals surface area contributed by atoms with Gasteiger partial charge in [-0.25, -0.2) is 0 Å². The molecule has 0 spiro atoms. The van der Waals surface area contributed by atoms with Gasteiger partial charge in [-0.3, -0.25) is 14.9 Å². The molecule has 0 N–H and O–H groups in total. The highest BCUT2D eigenvalue weighted by Crippen LogP contribution is 2.22. The average Bonchev–Trinajstić information content (AvgIpc) is 3.00. The van der Waals surface area contributed by atoms with Crippen LogP contribution in [0.3, 0.4) is 0 Å². The van der Waals surface area contributed by atoms with Gasteiger partial charge in [-0.15, -0.1) is 0 Å². The van der Waals surface area contributed by atoms with Gasteiger partial charge in [-0.1, -0.05) is 37.2 Å². The Morgan fingerprint density at radius 2 is 2.07 bits per heavy atom. The molecule has 7 nitrogen and oxygen atoms in total. The summed E-state index contributed by atoms with van der Waals surface area (Å²) in [6.07, 6.45) is 3.20. The van der Waals surface area contributed by atoms with Crippen molar-refractivity contribution in [1.29, 1.82) is 0 Å². The van der Waals surface area contributed by atoms with Crippen molar-refractivity contribution in [2.24, 2.45) is 12.0 Å². The second-order valence-electron chi connectivity index (χ2n) is 6.35. The molecule has 1 aromatic heterocycles. The van der Waals surface area contributed by atoms with E-state index in [2.05, 4.69) is 11.9 Å². The normalized spacial score (nSPS) is 11.7. The van der Waals surface area contributed by atoms with Gasteiger partial charge in [0.05, 0.1) is 21.7 Å². The minimum atomic E-state index is -0.439. The zero-order valence-corrected chi connectivity index (χ0v) is 16.6. The van der Waals surface area contributed by atoms with Crippen LogP contribution in [0.2, 0.25) is 0 Å². The topological polar surface area (TPSA) is 86.7 Å². The monoisotopic (exact) mass is 399 g/mol. The third-order valence-corrected chi connectivity index (χ3v) is 5.41. The van der Waals surface area contributed by atoms with Gasteiger partial charge in [0.1, 0.15) is 5.75 Å². The molecular weight excluding hydrogens is 378 g/mol. The summed E-state index contributed by atoms with van der Waals surface area (Å²) in [6.45, 7) is 2.75. The minimum Gasteiger partial charge on any atom is -0.494 e. The van der Waals surface area contributed by atoms with Crippen LogP contribution in [0.15, 0.2) is 47.5 Å². The molecule has 146 valence electrons. The Labute approximate surface area is 166 Å². The van der Waals surface area contributed by atoms with Crippen LogP contribution in [0.25, 0.3) is 10.2 Å². The molecule has 3 aromatic rings. The Hall–Kier alpha value is -3.00. The van der Waals surface area contributed by atoms with Gasteiger partial charge in [0.2, 0.25) is 0 Å². The van der Waals surface area contributed by atoms with Crippen molar-refractivity contribution >= 4 is 33.1 Å². The Morgan fingerprint density at radius 1 is 1.25 bits per heavy atom. The molecule has 0 aliphatic heterocycles. The van der Waals surface area contributed by atoms with Crippen LogP contribution in [-0.2, 0) is 7.05 Å². The fourth-order valence-electron chi connectivity index (χ4n) is 2.75. The summed E-state index contributed by atoms with van der Waals surface area (Å²) in [5.41, 5.74) is 1.11. The van der Waals surface area contributed by atoms with Gasteiger partial charge in [-0.05, 0) is 30.7 Å². The van der Waals surface area contributed by atoms with Gasteiger partial charge in [0.15, 0.2) is 4.80 Å². The molecule has 0 aliphatic carbocycles. The number of aromatic nitrogens is 1. The van der Waals surface area contributed by atoms with Crippen molar-refractivity contribution in [1.82, 2.24) is 4.57 Å². The molecule has 3 rings (SSSR count). The number of unbranched alkanes of at least 4 members (excludes halogenated alkanes) is 2. The number of nitro groups is 1. The number of amides is 1. The maximum Gasteiger partial charge on any atom is 0.279 e. The zero-order valence-electron chi connectivity index (χ0n) is 15.8. The van der Waals surface area contributed by atoms with Crippen LogP contribution >= 0.6 is 11.3 Å². The molecule has 1 heterocycles. The van der Waals surface area contributed by atoms with E-state index < -0.39 is 4.92 Å². The number of nitro benzene ring substituents is 1. The average molecular weight is 399 g/mol. The summed E-state index contributed by atoms with van der Waals surface area (Å²) in [5.74, 6) is 0.268. The highest BCUT2D eigenvalue weighted by molar-refractivity contribution is 7.16. The maximum absolute atomic E-state index is 12.6. The van der Waals surface area contributed by atoms with E-state index in [4.69, 9.17) is 4.74 Å². The Bertz CT molecular complexity index is 1080. The van der Waals surface area contributed by atoms with Crippen LogP contribution in [0.4, 0.5) is 5.69 Å². The number of carbonyl (C=O) groups excluding carboxylic acids is 1. The number of non-ortho nitro benzene ring substituents is 1. The Balaban J connectivity index is 1.86. The molecule has 1 amide bonds. The van der Waals surface area contributed by atoms with E-state index in [1.165, 1.54) is 23.5 Å². The molecule has 28 heavy (non-hydrogen) atoms.